The average Bonchev–Trinajstić information content (AvgIpc) is 2.53. The standard InChI is InChI=1S/C15H12Cl3N3O3/c1-24-13-5-3-9(17)7-12(13)19-15(23)21-20-14(22)10-4-2-8(16)6-11(10)18/h2-7H,1H3,(H,20,22)(H2,19,21,23). The minimum absolute atomic E-state index is 0.165. The van der Waals surface area contributed by atoms with Gasteiger partial charge in [0.05, 0.1) is 23.4 Å². The van der Waals surface area contributed by atoms with Gasteiger partial charge in [0, 0.05) is 10.0 Å². The number of amides is 3. The summed E-state index contributed by atoms with van der Waals surface area (Å²) in [7, 11) is 1.45. The summed E-state index contributed by atoms with van der Waals surface area (Å²) in [5, 5.41) is 3.49. The second-order valence-corrected chi connectivity index (χ2v) is 5.78. The number of hydrazine groups is 1. The largest absolute Gasteiger partial charge is 0.495 e. The molecule has 3 N–H and O–H groups in total. The van der Waals surface area contributed by atoms with Gasteiger partial charge in [-0.2, -0.15) is 0 Å². The summed E-state index contributed by atoms with van der Waals surface area (Å²) in [6.07, 6.45) is 0. The fourth-order valence-electron chi connectivity index (χ4n) is 1.79. The van der Waals surface area contributed by atoms with Crippen molar-refractivity contribution in [2.24, 2.45) is 0 Å². The van der Waals surface area contributed by atoms with E-state index in [1.807, 2.05) is 0 Å². The molecule has 0 atom stereocenters. The molecule has 0 heterocycles. The number of urea groups is 1. The van der Waals surface area contributed by atoms with Crippen molar-refractivity contribution in [2.45, 2.75) is 0 Å². The molecule has 9 heteroatoms. The molecule has 0 radical (unpaired) electrons. The first kappa shape index (κ1) is 18.2. The lowest BCUT2D eigenvalue weighted by atomic mass is 10.2. The van der Waals surface area contributed by atoms with Gasteiger partial charge in [0.1, 0.15) is 5.75 Å². The van der Waals surface area contributed by atoms with E-state index in [1.165, 1.54) is 31.4 Å². The maximum Gasteiger partial charge on any atom is 0.338 e. The van der Waals surface area contributed by atoms with Gasteiger partial charge in [0.15, 0.2) is 0 Å². The van der Waals surface area contributed by atoms with Gasteiger partial charge in [-0.3, -0.25) is 10.2 Å². The van der Waals surface area contributed by atoms with Crippen molar-refractivity contribution in [3.63, 3.8) is 0 Å². The summed E-state index contributed by atoms with van der Waals surface area (Å²) in [6.45, 7) is 0. The highest BCUT2D eigenvalue weighted by Gasteiger charge is 2.13. The highest BCUT2D eigenvalue weighted by Crippen LogP contribution is 2.27. The van der Waals surface area contributed by atoms with E-state index >= 15 is 0 Å². The van der Waals surface area contributed by atoms with E-state index in [0.29, 0.717) is 21.5 Å². The first-order valence-electron chi connectivity index (χ1n) is 6.56. The van der Waals surface area contributed by atoms with Gasteiger partial charge >= 0.3 is 6.03 Å². The van der Waals surface area contributed by atoms with Gasteiger partial charge in [-0.05, 0) is 36.4 Å². The predicted octanol–water partition coefficient (Wildman–Crippen LogP) is 4.12. The molecule has 2 aromatic carbocycles. The van der Waals surface area contributed by atoms with Crippen LogP contribution in [0.25, 0.3) is 0 Å². The molecule has 2 rings (SSSR count). The van der Waals surface area contributed by atoms with Gasteiger partial charge in [-0.25, -0.2) is 10.2 Å². The third kappa shape index (κ3) is 4.67. The van der Waals surface area contributed by atoms with Crippen LogP contribution in [0, 0.1) is 0 Å². The molecule has 24 heavy (non-hydrogen) atoms. The number of anilines is 1. The average molecular weight is 389 g/mol. The first-order chi connectivity index (χ1) is 11.4. The van der Waals surface area contributed by atoms with Gasteiger partial charge in [-0.15, -0.1) is 0 Å². The van der Waals surface area contributed by atoms with Crippen LogP contribution in [0.4, 0.5) is 10.5 Å². The van der Waals surface area contributed by atoms with E-state index in [0.717, 1.165) is 0 Å². The molecule has 0 bridgehead atoms. The fraction of sp³-hybridized carbons (Fsp3) is 0.0667. The van der Waals surface area contributed by atoms with Crippen molar-refractivity contribution in [3.8, 4) is 5.75 Å². The molecule has 0 aliphatic heterocycles. The van der Waals surface area contributed by atoms with Crippen LogP contribution in [0.3, 0.4) is 0 Å². The maximum atomic E-state index is 12.0. The molecular weight excluding hydrogens is 377 g/mol. The van der Waals surface area contributed by atoms with Crippen LogP contribution in [-0.2, 0) is 0 Å². The Hall–Kier alpha value is -2.15. The van der Waals surface area contributed by atoms with E-state index < -0.39 is 11.9 Å². The van der Waals surface area contributed by atoms with E-state index in [4.69, 9.17) is 39.5 Å². The lowest BCUT2D eigenvalue weighted by Gasteiger charge is -2.12. The molecular formula is C15H12Cl3N3O3. The van der Waals surface area contributed by atoms with E-state index in [9.17, 15) is 9.59 Å². The van der Waals surface area contributed by atoms with Crippen LogP contribution in [-0.4, -0.2) is 19.0 Å². The lowest BCUT2D eigenvalue weighted by molar-refractivity contribution is 0.0938. The molecule has 0 saturated carbocycles. The van der Waals surface area contributed by atoms with Crippen LogP contribution in [0.15, 0.2) is 36.4 Å². The van der Waals surface area contributed by atoms with Gasteiger partial charge < -0.3 is 10.1 Å². The number of carbonyl (C=O) groups is 2. The molecule has 0 aromatic heterocycles. The topological polar surface area (TPSA) is 79.5 Å². The summed E-state index contributed by atoms with van der Waals surface area (Å²) in [4.78, 5) is 23.9. The number of rotatable bonds is 3. The number of benzene rings is 2. The molecule has 6 nitrogen and oxygen atoms in total. The first-order valence-corrected chi connectivity index (χ1v) is 7.70. The summed E-state index contributed by atoms with van der Waals surface area (Å²) in [6, 6.07) is 8.43. The number of carbonyl (C=O) groups excluding carboxylic acids is 2. The highest BCUT2D eigenvalue weighted by molar-refractivity contribution is 6.36. The second kappa shape index (κ2) is 8.10. The Morgan fingerprint density at radius 1 is 0.958 bits per heavy atom. The van der Waals surface area contributed by atoms with Crippen LogP contribution in [0.5, 0.6) is 5.75 Å². The minimum Gasteiger partial charge on any atom is -0.495 e. The van der Waals surface area contributed by atoms with E-state index in [1.54, 1.807) is 12.1 Å². The number of nitrogens with one attached hydrogen (secondary N) is 3. The summed E-state index contributed by atoms with van der Waals surface area (Å²) in [5.41, 5.74) is 4.95. The van der Waals surface area contributed by atoms with Gasteiger partial charge in [-0.1, -0.05) is 34.8 Å². The number of hydrogen-bond donors (Lipinski definition) is 3. The molecule has 0 aliphatic carbocycles. The fourth-order valence-corrected chi connectivity index (χ4v) is 2.45. The minimum atomic E-state index is -0.686. The molecule has 3 amide bonds. The van der Waals surface area contributed by atoms with Crippen LogP contribution < -0.4 is 20.9 Å². The van der Waals surface area contributed by atoms with Crippen LogP contribution in [0.2, 0.25) is 15.1 Å². The summed E-state index contributed by atoms with van der Waals surface area (Å²) >= 11 is 17.6. The van der Waals surface area contributed by atoms with Crippen molar-refractivity contribution in [1.29, 1.82) is 0 Å². The molecule has 2 aromatic rings. The molecule has 0 saturated heterocycles. The van der Waals surface area contributed by atoms with Crippen LogP contribution in [0.1, 0.15) is 10.4 Å². The maximum absolute atomic E-state index is 12.0. The Morgan fingerprint density at radius 2 is 1.62 bits per heavy atom. The third-order valence-corrected chi connectivity index (χ3v) is 3.66. The summed E-state index contributed by atoms with van der Waals surface area (Å²) < 4.78 is 5.10. The molecule has 126 valence electrons. The Balaban J connectivity index is 1.98. The van der Waals surface area contributed by atoms with E-state index in [2.05, 4.69) is 16.2 Å². The summed E-state index contributed by atoms with van der Waals surface area (Å²) in [5.74, 6) is -0.175. The SMILES string of the molecule is COc1ccc(Cl)cc1NC(=O)NNC(=O)c1ccc(Cl)cc1Cl. The van der Waals surface area contributed by atoms with Crippen molar-refractivity contribution in [1.82, 2.24) is 10.9 Å². The second-order valence-electron chi connectivity index (χ2n) is 4.50. The van der Waals surface area contributed by atoms with Gasteiger partial charge in [0.2, 0.25) is 0 Å². The Labute approximate surface area is 153 Å². The molecule has 0 unspecified atom stereocenters. The van der Waals surface area contributed by atoms with Crippen LogP contribution >= 0.6 is 34.8 Å². The monoisotopic (exact) mass is 387 g/mol. The zero-order chi connectivity index (χ0) is 17.7. The van der Waals surface area contributed by atoms with Crippen molar-refractivity contribution in [3.05, 3.63) is 57.0 Å². The number of methoxy groups -OCH3 is 1. The number of hydrogen-bond acceptors (Lipinski definition) is 3. The Kier molecular flexibility index (Phi) is 6.14. The Morgan fingerprint density at radius 3 is 2.29 bits per heavy atom. The zero-order valence-corrected chi connectivity index (χ0v) is 14.6. The molecule has 0 fully saturated rings. The number of halogens is 3. The third-order valence-electron chi connectivity index (χ3n) is 2.88. The molecule has 0 aliphatic rings. The smallest absolute Gasteiger partial charge is 0.338 e. The quantitative estimate of drug-likeness (QED) is 0.692. The van der Waals surface area contributed by atoms with Crippen molar-refractivity contribution in [2.75, 3.05) is 12.4 Å². The van der Waals surface area contributed by atoms with E-state index in [-0.39, 0.29) is 10.6 Å². The number of ether oxygens (including phenoxy) is 1. The van der Waals surface area contributed by atoms with Crippen molar-refractivity contribution < 1.29 is 14.3 Å². The van der Waals surface area contributed by atoms with Gasteiger partial charge in [0.25, 0.3) is 5.91 Å². The Bertz CT molecular complexity index is 784. The molecule has 0 spiro atoms. The predicted molar refractivity (Wildman–Crippen MR) is 94.1 cm³/mol. The van der Waals surface area contributed by atoms with Crippen molar-refractivity contribution >= 4 is 52.4 Å². The normalized spacial score (nSPS) is 10.0. The lowest BCUT2D eigenvalue weighted by Crippen LogP contribution is -2.44. The zero-order valence-electron chi connectivity index (χ0n) is 12.3. The highest BCUT2D eigenvalue weighted by atomic mass is 35.5.